The van der Waals surface area contributed by atoms with Gasteiger partial charge in [0.2, 0.25) is 5.91 Å². The summed E-state index contributed by atoms with van der Waals surface area (Å²) in [6.45, 7) is 1.45. The SMILES string of the molecule is C[C@H](NC(=O)CSCc1ccccc1)C(=O)O. The summed E-state index contributed by atoms with van der Waals surface area (Å²) in [5.74, 6) is -0.255. The van der Waals surface area contributed by atoms with Crippen molar-refractivity contribution in [2.24, 2.45) is 0 Å². The molecule has 0 aliphatic heterocycles. The van der Waals surface area contributed by atoms with Gasteiger partial charge in [-0.15, -0.1) is 11.8 Å². The molecular formula is C12H15NO3S. The lowest BCUT2D eigenvalue weighted by Crippen LogP contribution is -2.39. The zero-order chi connectivity index (χ0) is 12.7. The monoisotopic (exact) mass is 253 g/mol. The molecule has 0 saturated carbocycles. The molecule has 92 valence electrons. The molecule has 0 fully saturated rings. The van der Waals surface area contributed by atoms with Gasteiger partial charge in [0, 0.05) is 5.75 Å². The van der Waals surface area contributed by atoms with E-state index in [9.17, 15) is 9.59 Å². The molecule has 0 heterocycles. The third-order valence-electron chi connectivity index (χ3n) is 2.09. The minimum absolute atomic E-state index is 0.249. The lowest BCUT2D eigenvalue weighted by atomic mass is 10.2. The van der Waals surface area contributed by atoms with Crippen molar-refractivity contribution in [2.75, 3.05) is 5.75 Å². The summed E-state index contributed by atoms with van der Waals surface area (Å²) in [6, 6.07) is 8.98. The number of aliphatic carboxylic acids is 1. The fourth-order valence-corrected chi connectivity index (χ4v) is 1.98. The highest BCUT2D eigenvalue weighted by molar-refractivity contribution is 7.99. The minimum Gasteiger partial charge on any atom is -0.480 e. The molecule has 4 nitrogen and oxygen atoms in total. The summed E-state index contributed by atoms with van der Waals surface area (Å²) in [4.78, 5) is 21.9. The summed E-state index contributed by atoms with van der Waals surface area (Å²) in [7, 11) is 0. The van der Waals surface area contributed by atoms with Gasteiger partial charge in [-0.25, -0.2) is 0 Å². The zero-order valence-electron chi connectivity index (χ0n) is 9.55. The van der Waals surface area contributed by atoms with Crippen LogP contribution in [0.5, 0.6) is 0 Å². The second kappa shape index (κ2) is 6.96. The molecule has 0 unspecified atom stereocenters. The molecular weight excluding hydrogens is 238 g/mol. The van der Waals surface area contributed by atoms with E-state index in [2.05, 4.69) is 5.32 Å². The van der Waals surface area contributed by atoms with Crippen LogP contribution in [-0.4, -0.2) is 28.8 Å². The van der Waals surface area contributed by atoms with Crippen LogP contribution in [0.2, 0.25) is 0 Å². The van der Waals surface area contributed by atoms with E-state index in [1.165, 1.54) is 18.7 Å². The van der Waals surface area contributed by atoms with E-state index in [1.54, 1.807) is 0 Å². The maximum absolute atomic E-state index is 11.4. The smallest absolute Gasteiger partial charge is 0.325 e. The van der Waals surface area contributed by atoms with E-state index >= 15 is 0 Å². The molecule has 1 amide bonds. The highest BCUT2D eigenvalue weighted by Crippen LogP contribution is 2.11. The number of amides is 1. The molecule has 0 spiro atoms. The second-order valence-corrected chi connectivity index (χ2v) is 4.59. The van der Waals surface area contributed by atoms with Crippen molar-refractivity contribution in [2.45, 2.75) is 18.7 Å². The Kier molecular flexibility index (Phi) is 5.56. The number of carboxylic acids is 1. The van der Waals surface area contributed by atoms with Crippen molar-refractivity contribution in [1.29, 1.82) is 0 Å². The molecule has 0 aliphatic rings. The number of rotatable bonds is 6. The molecule has 1 aromatic carbocycles. The van der Waals surface area contributed by atoms with Crippen LogP contribution in [0.15, 0.2) is 30.3 Å². The van der Waals surface area contributed by atoms with E-state index in [1.807, 2.05) is 30.3 Å². The minimum atomic E-state index is -1.02. The number of carbonyl (C=O) groups excluding carboxylic acids is 1. The Hall–Kier alpha value is -1.49. The standard InChI is InChI=1S/C12H15NO3S/c1-9(12(15)16)13-11(14)8-17-7-10-5-3-2-4-6-10/h2-6,9H,7-8H2,1H3,(H,13,14)(H,15,16)/t9-/m0/s1. The van der Waals surface area contributed by atoms with Gasteiger partial charge in [-0.2, -0.15) is 0 Å². The second-order valence-electron chi connectivity index (χ2n) is 3.61. The summed E-state index contributed by atoms with van der Waals surface area (Å²) >= 11 is 1.46. The largest absolute Gasteiger partial charge is 0.480 e. The fraction of sp³-hybridized carbons (Fsp3) is 0.333. The number of carbonyl (C=O) groups is 2. The third kappa shape index (κ3) is 5.40. The summed E-state index contributed by atoms with van der Waals surface area (Å²) in [6.07, 6.45) is 0. The third-order valence-corrected chi connectivity index (χ3v) is 3.10. The fourth-order valence-electron chi connectivity index (χ4n) is 1.18. The molecule has 1 rings (SSSR count). The average Bonchev–Trinajstić information content (AvgIpc) is 2.30. The van der Waals surface area contributed by atoms with Crippen LogP contribution in [0.4, 0.5) is 0 Å². The first-order chi connectivity index (χ1) is 8.09. The number of carboxylic acid groups (broad SMARTS) is 1. The van der Waals surface area contributed by atoms with Crippen molar-refractivity contribution in [3.8, 4) is 0 Å². The van der Waals surface area contributed by atoms with Crippen LogP contribution >= 0.6 is 11.8 Å². The molecule has 0 bridgehead atoms. The van der Waals surface area contributed by atoms with Gasteiger partial charge in [0.1, 0.15) is 6.04 Å². The highest BCUT2D eigenvalue weighted by atomic mass is 32.2. The predicted octanol–water partition coefficient (Wildman–Crippen LogP) is 1.51. The molecule has 17 heavy (non-hydrogen) atoms. The van der Waals surface area contributed by atoms with Crippen molar-refractivity contribution in [3.63, 3.8) is 0 Å². The summed E-state index contributed by atoms with van der Waals surface area (Å²) in [5.41, 5.74) is 1.15. The molecule has 0 aromatic heterocycles. The van der Waals surface area contributed by atoms with Gasteiger partial charge in [0.05, 0.1) is 5.75 Å². The van der Waals surface area contributed by atoms with Crippen LogP contribution < -0.4 is 5.32 Å². The molecule has 2 N–H and O–H groups in total. The number of benzene rings is 1. The highest BCUT2D eigenvalue weighted by Gasteiger charge is 2.13. The predicted molar refractivity (Wildman–Crippen MR) is 67.8 cm³/mol. The zero-order valence-corrected chi connectivity index (χ0v) is 10.4. The van der Waals surface area contributed by atoms with Gasteiger partial charge in [-0.3, -0.25) is 9.59 Å². The summed E-state index contributed by atoms with van der Waals surface area (Å²) in [5, 5.41) is 11.0. The van der Waals surface area contributed by atoms with Gasteiger partial charge >= 0.3 is 5.97 Å². The van der Waals surface area contributed by atoms with Gasteiger partial charge < -0.3 is 10.4 Å². The normalized spacial score (nSPS) is 11.8. The van der Waals surface area contributed by atoms with Crippen LogP contribution in [0.3, 0.4) is 0 Å². The van der Waals surface area contributed by atoms with Gasteiger partial charge in [0.25, 0.3) is 0 Å². The summed E-state index contributed by atoms with van der Waals surface area (Å²) < 4.78 is 0. The van der Waals surface area contributed by atoms with Crippen LogP contribution in [0, 0.1) is 0 Å². The van der Waals surface area contributed by atoms with Crippen molar-refractivity contribution in [3.05, 3.63) is 35.9 Å². The Bertz CT molecular complexity index is 381. The van der Waals surface area contributed by atoms with E-state index < -0.39 is 12.0 Å². The first-order valence-electron chi connectivity index (χ1n) is 5.23. The molecule has 5 heteroatoms. The van der Waals surface area contributed by atoms with Crippen molar-refractivity contribution >= 4 is 23.6 Å². The number of hydrogen-bond donors (Lipinski definition) is 2. The van der Waals surface area contributed by atoms with Crippen LogP contribution in [0.1, 0.15) is 12.5 Å². The van der Waals surface area contributed by atoms with Crippen molar-refractivity contribution in [1.82, 2.24) is 5.32 Å². The molecule has 1 atom stereocenters. The van der Waals surface area contributed by atoms with E-state index in [4.69, 9.17) is 5.11 Å². The number of thioether (sulfide) groups is 1. The van der Waals surface area contributed by atoms with Crippen molar-refractivity contribution < 1.29 is 14.7 Å². The number of nitrogens with one attached hydrogen (secondary N) is 1. The Morgan fingerprint density at radius 3 is 2.59 bits per heavy atom. The molecule has 0 aliphatic carbocycles. The lowest BCUT2D eigenvalue weighted by Gasteiger charge is -2.08. The van der Waals surface area contributed by atoms with Gasteiger partial charge in [-0.05, 0) is 12.5 Å². The quantitative estimate of drug-likeness (QED) is 0.806. The van der Waals surface area contributed by atoms with Crippen LogP contribution in [0.25, 0.3) is 0 Å². The number of hydrogen-bond acceptors (Lipinski definition) is 3. The lowest BCUT2D eigenvalue weighted by molar-refractivity contribution is -0.140. The van der Waals surface area contributed by atoms with Crippen LogP contribution in [-0.2, 0) is 15.3 Å². The molecule has 0 radical (unpaired) electrons. The van der Waals surface area contributed by atoms with Gasteiger partial charge in [0.15, 0.2) is 0 Å². The van der Waals surface area contributed by atoms with Gasteiger partial charge in [-0.1, -0.05) is 30.3 Å². The molecule has 0 saturated heterocycles. The average molecular weight is 253 g/mol. The van der Waals surface area contributed by atoms with E-state index in [0.29, 0.717) is 0 Å². The maximum atomic E-state index is 11.4. The Morgan fingerprint density at radius 1 is 1.35 bits per heavy atom. The maximum Gasteiger partial charge on any atom is 0.325 e. The Labute approximate surface area is 104 Å². The Morgan fingerprint density at radius 2 is 2.00 bits per heavy atom. The topological polar surface area (TPSA) is 66.4 Å². The van der Waals surface area contributed by atoms with E-state index in [0.717, 1.165) is 11.3 Å². The van der Waals surface area contributed by atoms with E-state index in [-0.39, 0.29) is 11.7 Å². The first-order valence-corrected chi connectivity index (χ1v) is 6.39. The molecule has 1 aromatic rings. The Balaban J connectivity index is 2.23. The first kappa shape index (κ1) is 13.6.